The molecule has 10 heteroatoms. The van der Waals surface area contributed by atoms with Crippen LogP contribution < -0.4 is 9.47 Å². The van der Waals surface area contributed by atoms with Crippen LogP contribution in [0.15, 0.2) is 74.5 Å². The van der Waals surface area contributed by atoms with Gasteiger partial charge in [-0.05, 0) is 97.2 Å². The van der Waals surface area contributed by atoms with E-state index < -0.39 is 22.9 Å². The van der Waals surface area contributed by atoms with Gasteiger partial charge >= 0.3 is 5.97 Å². The van der Waals surface area contributed by atoms with E-state index >= 15 is 0 Å². The van der Waals surface area contributed by atoms with E-state index in [1.807, 2.05) is 0 Å². The van der Waals surface area contributed by atoms with E-state index in [0.717, 1.165) is 16.7 Å². The van der Waals surface area contributed by atoms with Gasteiger partial charge in [-0.25, -0.2) is 9.18 Å². The van der Waals surface area contributed by atoms with E-state index in [0.29, 0.717) is 25.6 Å². The van der Waals surface area contributed by atoms with Crippen LogP contribution in [0.5, 0.6) is 11.5 Å². The van der Waals surface area contributed by atoms with Gasteiger partial charge in [0.15, 0.2) is 11.5 Å². The number of imide groups is 1. The van der Waals surface area contributed by atoms with Crippen molar-refractivity contribution in [1.82, 2.24) is 4.90 Å². The molecule has 0 aromatic heterocycles. The Labute approximate surface area is 221 Å². The molecular weight excluding hydrogens is 605 g/mol. The lowest BCUT2D eigenvalue weighted by Crippen LogP contribution is -2.27. The molecule has 0 bridgehead atoms. The molecule has 3 aromatic carbocycles. The largest absolute Gasteiger partial charge is 0.493 e. The Morgan fingerprint density at radius 3 is 2.46 bits per heavy atom. The Morgan fingerprint density at radius 2 is 1.77 bits per heavy atom. The van der Waals surface area contributed by atoms with E-state index in [1.165, 1.54) is 31.4 Å². The molecule has 0 spiro atoms. The highest BCUT2D eigenvalue weighted by Gasteiger charge is 2.35. The fraction of sp³-hybridized carbons (Fsp3) is 0.0800. The van der Waals surface area contributed by atoms with Gasteiger partial charge in [0.25, 0.3) is 11.1 Å². The Kier molecular flexibility index (Phi) is 7.73. The van der Waals surface area contributed by atoms with Crippen LogP contribution in [0.2, 0.25) is 0 Å². The van der Waals surface area contributed by atoms with Crippen molar-refractivity contribution in [1.29, 1.82) is 0 Å². The molecule has 0 radical (unpaired) electrons. The Morgan fingerprint density at radius 1 is 1.06 bits per heavy atom. The minimum atomic E-state index is -0.578. The zero-order chi connectivity index (χ0) is 25.1. The van der Waals surface area contributed by atoms with Crippen LogP contribution in [-0.2, 0) is 11.3 Å². The molecule has 0 N–H and O–H groups in total. The summed E-state index contributed by atoms with van der Waals surface area (Å²) in [6.45, 7) is 0.0409. The lowest BCUT2D eigenvalue weighted by Gasteiger charge is -2.13. The smallest absolute Gasteiger partial charge is 0.344 e. The number of rotatable bonds is 6. The summed E-state index contributed by atoms with van der Waals surface area (Å²) in [5.74, 6) is -0.991. The topological polar surface area (TPSA) is 72.9 Å². The minimum Gasteiger partial charge on any atom is -0.493 e. The first-order chi connectivity index (χ1) is 16.8. The quantitative estimate of drug-likeness (QED) is 0.171. The van der Waals surface area contributed by atoms with Crippen molar-refractivity contribution in [3.05, 3.63) is 97.0 Å². The molecule has 1 aliphatic rings. The van der Waals surface area contributed by atoms with E-state index in [-0.39, 0.29) is 22.9 Å². The summed E-state index contributed by atoms with van der Waals surface area (Å²) in [4.78, 5) is 39.3. The number of methoxy groups -OCH3 is 1. The lowest BCUT2D eigenvalue weighted by molar-refractivity contribution is -0.123. The predicted molar refractivity (Wildman–Crippen MR) is 138 cm³/mol. The van der Waals surface area contributed by atoms with Gasteiger partial charge < -0.3 is 9.47 Å². The maximum atomic E-state index is 13.2. The van der Waals surface area contributed by atoms with Gasteiger partial charge in [0.05, 0.1) is 28.6 Å². The van der Waals surface area contributed by atoms with Crippen molar-refractivity contribution in [2.24, 2.45) is 0 Å². The zero-order valence-corrected chi connectivity index (χ0v) is 22.1. The molecule has 0 saturated carbocycles. The van der Waals surface area contributed by atoms with Crippen molar-refractivity contribution in [3.63, 3.8) is 0 Å². The highest BCUT2D eigenvalue weighted by atomic mass is 79.9. The van der Waals surface area contributed by atoms with E-state index in [4.69, 9.17) is 9.47 Å². The second-order valence-corrected chi connectivity index (χ2v) is 10.00. The van der Waals surface area contributed by atoms with Crippen LogP contribution >= 0.6 is 43.6 Å². The van der Waals surface area contributed by atoms with E-state index in [1.54, 1.807) is 42.5 Å². The average Bonchev–Trinajstić information content (AvgIpc) is 3.09. The predicted octanol–water partition coefficient (Wildman–Crippen LogP) is 6.82. The van der Waals surface area contributed by atoms with Crippen molar-refractivity contribution in [3.8, 4) is 11.5 Å². The number of carbonyl (C=O) groups is 3. The molecule has 0 atom stereocenters. The van der Waals surface area contributed by atoms with Crippen molar-refractivity contribution < 1.29 is 28.2 Å². The Balaban J connectivity index is 1.57. The second-order valence-electron chi connectivity index (χ2n) is 7.30. The van der Waals surface area contributed by atoms with Gasteiger partial charge in [-0.2, -0.15) is 0 Å². The van der Waals surface area contributed by atoms with Gasteiger partial charge in [-0.3, -0.25) is 14.5 Å². The van der Waals surface area contributed by atoms with Gasteiger partial charge in [-0.15, -0.1) is 0 Å². The fourth-order valence-corrected chi connectivity index (χ4v) is 5.08. The van der Waals surface area contributed by atoms with Gasteiger partial charge in [0, 0.05) is 4.47 Å². The molecule has 1 aliphatic heterocycles. The molecule has 0 aliphatic carbocycles. The van der Waals surface area contributed by atoms with Crippen LogP contribution in [0.25, 0.3) is 6.08 Å². The van der Waals surface area contributed by atoms with Crippen LogP contribution in [-0.4, -0.2) is 29.1 Å². The van der Waals surface area contributed by atoms with Crippen LogP contribution in [0.4, 0.5) is 9.18 Å². The molecule has 1 fully saturated rings. The molecule has 4 rings (SSSR count). The third-order valence-electron chi connectivity index (χ3n) is 4.97. The van der Waals surface area contributed by atoms with E-state index in [9.17, 15) is 18.8 Å². The molecule has 6 nitrogen and oxygen atoms in total. The number of esters is 1. The van der Waals surface area contributed by atoms with Gasteiger partial charge in [-0.1, -0.05) is 24.3 Å². The number of carbonyl (C=O) groups excluding carboxylic acids is 3. The summed E-state index contributed by atoms with van der Waals surface area (Å²) in [6, 6.07) is 15.7. The van der Waals surface area contributed by atoms with Crippen molar-refractivity contribution in [2.75, 3.05) is 7.11 Å². The monoisotopic (exact) mass is 619 g/mol. The lowest BCUT2D eigenvalue weighted by atomic mass is 10.1. The number of halogens is 3. The SMILES string of the molecule is COc1cc(/C=C2\SC(=O)N(Cc3ccc(F)cc3)C2=O)cc(Br)c1OC(=O)c1ccccc1Br. The number of benzene rings is 3. The summed E-state index contributed by atoms with van der Waals surface area (Å²) < 4.78 is 25.1. The zero-order valence-electron chi connectivity index (χ0n) is 18.1. The maximum Gasteiger partial charge on any atom is 0.344 e. The molecule has 35 heavy (non-hydrogen) atoms. The van der Waals surface area contributed by atoms with Gasteiger partial charge in [0.2, 0.25) is 0 Å². The number of nitrogens with zero attached hydrogens (tertiary/aromatic N) is 1. The van der Waals surface area contributed by atoms with Crippen LogP contribution in [0.1, 0.15) is 21.5 Å². The molecule has 0 unspecified atom stereocenters. The molecule has 1 heterocycles. The van der Waals surface area contributed by atoms with Crippen LogP contribution in [0.3, 0.4) is 0 Å². The third kappa shape index (κ3) is 5.66. The standard InChI is InChI=1S/C25H16Br2FNO5S/c1-33-20-11-15(10-19(27)22(20)34-24(31)17-4-2-3-5-18(17)26)12-21-23(30)29(25(32)35-21)13-14-6-8-16(28)9-7-14/h2-12H,13H2,1H3/b21-12-. The summed E-state index contributed by atoms with van der Waals surface area (Å²) in [5, 5.41) is -0.421. The summed E-state index contributed by atoms with van der Waals surface area (Å²) in [5.41, 5.74) is 1.54. The van der Waals surface area contributed by atoms with Gasteiger partial charge in [0.1, 0.15) is 5.82 Å². The number of ether oxygens (including phenoxy) is 2. The summed E-state index contributed by atoms with van der Waals surface area (Å²) in [7, 11) is 1.43. The Hall–Kier alpha value is -2.95. The van der Waals surface area contributed by atoms with Crippen molar-refractivity contribution in [2.45, 2.75) is 6.54 Å². The third-order valence-corrected chi connectivity index (χ3v) is 7.15. The summed E-state index contributed by atoms with van der Waals surface area (Å²) in [6.07, 6.45) is 1.56. The first-order valence-electron chi connectivity index (χ1n) is 10.1. The molecule has 3 aromatic rings. The normalized spacial score (nSPS) is 14.5. The first kappa shape index (κ1) is 25.2. The van der Waals surface area contributed by atoms with Crippen LogP contribution in [0, 0.1) is 5.82 Å². The number of amides is 2. The van der Waals surface area contributed by atoms with Crippen molar-refractivity contribution >= 4 is 66.8 Å². The summed E-state index contributed by atoms with van der Waals surface area (Å²) >= 11 is 7.54. The fourth-order valence-electron chi connectivity index (χ4n) is 3.26. The second kappa shape index (κ2) is 10.8. The number of hydrogen-bond acceptors (Lipinski definition) is 6. The molecule has 2 amide bonds. The first-order valence-corrected chi connectivity index (χ1v) is 12.5. The van der Waals surface area contributed by atoms with E-state index in [2.05, 4.69) is 31.9 Å². The Bertz CT molecular complexity index is 1360. The highest BCUT2D eigenvalue weighted by Crippen LogP contribution is 2.40. The number of hydrogen-bond donors (Lipinski definition) is 0. The minimum absolute atomic E-state index is 0.0409. The molecule has 178 valence electrons. The maximum absolute atomic E-state index is 13.2. The molecular formula is C25H16Br2FNO5S. The molecule has 1 saturated heterocycles. The average molecular weight is 621 g/mol. The highest BCUT2D eigenvalue weighted by molar-refractivity contribution is 9.10. The number of thioether (sulfide) groups is 1.